The molecule has 0 aliphatic heterocycles. The van der Waals surface area contributed by atoms with Gasteiger partial charge in [0.05, 0.1) is 11.0 Å². The molecular weight excluding hydrogens is 627 g/mol. The summed E-state index contributed by atoms with van der Waals surface area (Å²) in [6, 6.07) is 61.9. The maximum Gasteiger partial charge on any atom is 0.0541 e. The van der Waals surface area contributed by atoms with Gasteiger partial charge in [-0.15, -0.1) is 0 Å². The lowest BCUT2D eigenvalue weighted by atomic mass is 9.82. The average Bonchev–Trinajstić information content (AvgIpc) is 3.69. The molecule has 1 aromatic heterocycles. The molecule has 0 saturated heterocycles. The molecule has 0 spiro atoms. The molecule has 10 aromatic rings. The Morgan fingerprint density at radius 1 is 0.442 bits per heavy atom. The molecule has 0 bridgehead atoms. The summed E-state index contributed by atoms with van der Waals surface area (Å²) in [4.78, 5) is 0. The lowest BCUT2D eigenvalue weighted by Gasteiger charge is -2.22. The van der Waals surface area contributed by atoms with Gasteiger partial charge in [-0.2, -0.15) is 0 Å². The fourth-order valence-electron chi connectivity index (χ4n) is 9.31. The molecule has 0 unspecified atom stereocenters. The van der Waals surface area contributed by atoms with E-state index in [0.717, 1.165) is 0 Å². The van der Waals surface area contributed by atoms with Crippen LogP contribution in [0.5, 0.6) is 0 Å². The Kier molecular flexibility index (Phi) is 6.06. The zero-order valence-electron chi connectivity index (χ0n) is 29.6. The summed E-state index contributed by atoms with van der Waals surface area (Å²) in [6.07, 6.45) is 0. The Morgan fingerprint density at radius 2 is 1.00 bits per heavy atom. The highest BCUT2D eigenvalue weighted by Gasteiger charge is 2.30. The van der Waals surface area contributed by atoms with Crippen molar-refractivity contribution in [2.45, 2.75) is 32.1 Å². The third-order valence-electron chi connectivity index (χ3n) is 11.7. The number of rotatable bonds is 3. The topological polar surface area (TPSA) is 4.93 Å². The SMILES string of the molecule is CC(C)(C)c1cc2ccc3ccc(-c4cc(C5c6ccccc6-c6ccccc65)cc(-n5c6ccccc6c6ccccc65)c4)c4ccc(c1)c2c34. The van der Waals surface area contributed by atoms with E-state index >= 15 is 0 Å². The van der Waals surface area contributed by atoms with Crippen molar-refractivity contribution in [1.82, 2.24) is 4.57 Å². The van der Waals surface area contributed by atoms with Crippen LogP contribution in [0.3, 0.4) is 0 Å². The maximum atomic E-state index is 2.48. The van der Waals surface area contributed by atoms with E-state index in [-0.39, 0.29) is 11.3 Å². The van der Waals surface area contributed by atoms with Crippen molar-refractivity contribution in [3.8, 4) is 27.9 Å². The summed E-state index contributed by atoms with van der Waals surface area (Å²) in [7, 11) is 0. The van der Waals surface area contributed by atoms with Gasteiger partial charge < -0.3 is 4.57 Å². The van der Waals surface area contributed by atoms with Gasteiger partial charge in [0.25, 0.3) is 0 Å². The monoisotopic (exact) mass is 663 g/mol. The third kappa shape index (κ3) is 4.17. The molecule has 11 rings (SSSR count). The molecule has 9 aromatic carbocycles. The smallest absolute Gasteiger partial charge is 0.0541 e. The normalized spacial score (nSPS) is 13.2. The molecule has 1 nitrogen and oxygen atoms in total. The number of fused-ring (bicyclic) bond motifs is 6. The second-order valence-corrected chi connectivity index (χ2v) is 15.7. The molecule has 1 aliphatic carbocycles. The van der Waals surface area contributed by atoms with Crippen molar-refractivity contribution in [3.05, 3.63) is 186 Å². The molecule has 52 heavy (non-hydrogen) atoms. The molecule has 0 saturated carbocycles. The first kappa shape index (κ1) is 29.5. The highest BCUT2D eigenvalue weighted by molar-refractivity contribution is 6.25. The van der Waals surface area contributed by atoms with Gasteiger partial charge in [-0.1, -0.05) is 160 Å². The number of aromatic nitrogens is 1. The van der Waals surface area contributed by atoms with Crippen LogP contribution < -0.4 is 0 Å². The van der Waals surface area contributed by atoms with E-state index in [1.807, 2.05) is 0 Å². The summed E-state index contributed by atoms with van der Waals surface area (Å²) >= 11 is 0. The van der Waals surface area contributed by atoms with Crippen LogP contribution in [-0.4, -0.2) is 4.57 Å². The van der Waals surface area contributed by atoms with Crippen molar-refractivity contribution in [2.75, 3.05) is 0 Å². The van der Waals surface area contributed by atoms with Gasteiger partial charge in [0.2, 0.25) is 0 Å². The molecule has 0 fully saturated rings. The average molecular weight is 664 g/mol. The second kappa shape index (κ2) is 10.7. The van der Waals surface area contributed by atoms with Crippen LogP contribution in [0, 0.1) is 0 Å². The van der Waals surface area contributed by atoms with E-state index < -0.39 is 0 Å². The van der Waals surface area contributed by atoms with Gasteiger partial charge in [-0.25, -0.2) is 0 Å². The zero-order valence-corrected chi connectivity index (χ0v) is 29.6. The molecule has 1 heteroatoms. The Bertz CT molecular complexity index is 2940. The van der Waals surface area contributed by atoms with Crippen LogP contribution in [0.2, 0.25) is 0 Å². The maximum absolute atomic E-state index is 2.48. The van der Waals surface area contributed by atoms with Crippen LogP contribution in [0.15, 0.2) is 164 Å². The molecule has 1 aliphatic rings. The minimum absolute atomic E-state index is 0.0801. The Morgan fingerprint density at radius 3 is 1.65 bits per heavy atom. The van der Waals surface area contributed by atoms with Crippen LogP contribution in [0.25, 0.3) is 82.1 Å². The summed E-state index contributed by atoms with van der Waals surface area (Å²) < 4.78 is 2.48. The van der Waals surface area contributed by atoms with E-state index in [2.05, 4.69) is 189 Å². The van der Waals surface area contributed by atoms with Gasteiger partial charge in [0.1, 0.15) is 0 Å². The van der Waals surface area contributed by atoms with Crippen molar-refractivity contribution >= 4 is 54.1 Å². The van der Waals surface area contributed by atoms with Gasteiger partial charge >= 0.3 is 0 Å². The standard InChI is InChI=1S/C51H37N/c1-51(2,3)36-27-32-21-20-31-22-24-38(45-25-23-33(28-36)48(32)50(31)45)34-26-35(49-43-16-6-4-12-39(43)40-13-5-7-17-44(40)49)30-37(29-34)52-46-18-10-8-14-41(46)42-15-9-11-19-47(42)52/h4-30,49H,1-3H3. The fourth-order valence-corrected chi connectivity index (χ4v) is 9.31. The van der Waals surface area contributed by atoms with Crippen molar-refractivity contribution in [3.63, 3.8) is 0 Å². The van der Waals surface area contributed by atoms with Crippen molar-refractivity contribution in [1.29, 1.82) is 0 Å². The minimum atomic E-state index is 0.0801. The highest BCUT2D eigenvalue weighted by Crippen LogP contribution is 2.50. The largest absolute Gasteiger partial charge is 0.309 e. The van der Waals surface area contributed by atoms with Gasteiger partial charge in [0.15, 0.2) is 0 Å². The lowest BCUT2D eigenvalue weighted by Crippen LogP contribution is -2.10. The minimum Gasteiger partial charge on any atom is -0.309 e. The molecule has 0 amide bonds. The first-order valence-corrected chi connectivity index (χ1v) is 18.5. The molecule has 0 N–H and O–H groups in total. The Hall–Kier alpha value is -6.18. The number of para-hydroxylation sites is 2. The number of benzene rings is 9. The molecular formula is C51H37N. The van der Waals surface area contributed by atoms with Gasteiger partial charge in [-0.05, 0) is 107 Å². The van der Waals surface area contributed by atoms with Crippen LogP contribution in [-0.2, 0) is 5.41 Å². The molecule has 0 atom stereocenters. The number of hydrogen-bond donors (Lipinski definition) is 0. The number of hydrogen-bond acceptors (Lipinski definition) is 0. The molecule has 246 valence electrons. The summed E-state index contributed by atoms with van der Waals surface area (Å²) in [6.45, 7) is 6.92. The lowest BCUT2D eigenvalue weighted by molar-refractivity contribution is 0.591. The Balaban J connectivity index is 1.23. The van der Waals surface area contributed by atoms with E-state index in [1.54, 1.807) is 0 Å². The summed E-state index contributed by atoms with van der Waals surface area (Å²) in [5.74, 6) is 0.134. The summed E-state index contributed by atoms with van der Waals surface area (Å²) in [5.41, 5.74) is 14.3. The van der Waals surface area contributed by atoms with E-state index in [4.69, 9.17) is 0 Å². The molecule has 0 radical (unpaired) electrons. The van der Waals surface area contributed by atoms with Crippen molar-refractivity contribution < 1.29 is 0 Å². The summed E-state index contributed by atoms with van der Waals surface area (Å²) in [5, 5.41) is 10.5. The van der Waals surface area contributed by atoms with Gasteiger partial charge in [-0.3, -0.25) is 0 Å². The van der Waals surface area contributed by atoms with Gasteiger partial charge in [0, 0.05) is 22.4 Å². The quantitative estimate of drug-likeness (QED) is 0.166. The molecule has 1 heterocycles. The first-order chi connectivity index (χ1) is 25.4. The third-order valence-corrected chi connectivity index (χ3v) is 11.7. The van der Waals surface area contributed by atoms with E-state index in [9.17, 15) is 0 Å². The van der Waals surface area contributed by atoms with E-state index in [0.29, 0.717) is 0 Å². The highest BCUT2D eigenvalue weighted by atomic mass is 15.0. The number of nitrogens with zero attached hydrogens (tertiary/aromatic N) is 1. The van der Waals surface area contributed by atoms with Crippen LogP contribution >= 0.6 is 0 Å². The predicted octanol–water partition coefficient (Wildman–Crippen LogP) is 13.8. The second-order valence-electron chi connectivity index (χ2n) is 15.7. The first-order valence-electron chi connectivity index (χ1n) is 18.5. The predicted molar refractivity (Wildman–Crippen MR) is 221 cm³/mol. The van der Waals surface area contributed by atoms with Crippen LogP contribution in [0.4, 0.5) is 0 Å². The van der Waals surface area contributed by atoms with E-state index in [1.165, 1.54) is 104 Å². The zero-order chi connectivity index (χ0) is 34.7. The fraction of sp³-hybridized carbons (Fsp3) is 0.0980. The Labute approximate surface area is 303 Å². The van der Waals surface area contributed by atoms with Crippen LogP contribution in [0.1, 0.15) is 48.9 Å². The van der Waals surface area contributed by atoms with Crippen molar-refractivity contribution in [2.24, 2.45) is 0 Å².